The Bertz CT molecular complexity index is 644. The molecule has 0 aromatic carbocycles. The van der Waals surface area contributed by atoms with Crippen molar-refractivity contribution in [1.29, 1.82) is 0 Å². The standard InChI is InChI=1S/C16H21N5O/c1-5-21(12(3)13-7-6-8-18-10-13)15(22)14-9-11(2)19-16(17-4)20-14/h6-10,12H,5H2,1-4H3,(H,17,19,20)/t12-/m1/s1. The SMILES string of the molecule is CCN(C(=O)c1cc(C)nc(NC)n1)[C@H](C)c1cccnc1. The highest BCUT2D eigenvalue weighted by Crippen LogP contribution is 2.21. The summed E-state index contributed by atoms with van der Waals surface area (Å²) in [6.45, 7) is 6.39. The van der Waals surface area contributed by atoms with Crippen molar-refractivity contribution in [3.63, 3.8) is 0 Å². The van der Waals surface area contributed by atoms with Gasteiger partial charge in [0.15, 0.2) is 0 Å². The number of aromatic nitrogens is 3. The Morgan fingerprint density at radius 3 is 2.77 bits per heavy atom. The van der Waals surface area contributed by atoms with Crippen molar-refractivity contribution in [3.05, 3.63) is 47.5 Å². The number of carbonyl (C=O) groups excluding carboxylic acids is 1. The fourth-order valence-corrected chi connectivity index (χ4v) is 2.33. The zero-order chi connectivity index (χ0) is 16.1. The lowest BCUT2D eigenvalue weighted by Crippen LogP contribution is -2.34. The number of rotatable bonds is 5. The molecule has 0 saturated carbocycles. The van der Waals surface area contributed by atoms with Crippen LogP contribution in [0, 0.1) is 6.92 Å². The smallest absolute Gasteiger partial charge is 0.273 e. The first-order chi connectivity index (χ1) is 10.6. The van der Waals surface area contributed by atoms with Gasteiger partial charge in [0.05, 0.1) is 6.04 Å². The van der Waals surface area contributed by atoms with E-state index in [1.165, 1.54) is 0 Å². The number of pyridine rings is 1. The van der Waals surface area contributed by atoms with Crippen LogP contribution in [0.5, 0.6) is 0 Å². The molecule has 2 aromatic rings. The maximum absolute atomic E-state index is 12.8. The predicted octanol–water partition coefficient (Wildman–Crippen LogP) is 2.45. The fraction of sp³-hybridized carbons (Fsp3) is 0.375. The van der Waals surface area contributed by atoms with Gasteiger partial charge in [0.2, 0.25) is 5.95 Å². The maximum atomic E-state index is 12.8. The maximum Gasteiger partial charge on any atom is 0.273 e. The van der Waals surface area contributed by atoms with Crippen LogP contribution < -0.4 is 5.32 Å². The number of amides is 1. The zero-order valence-electron chi connectivity index (χ0n) is 13.4. The summed E-state index contributed by atoms with van der Waals surface area (Å²) < 4.78 is 0. The third-order valence-electron chi connectivity index (χ3n) is 3.53. The van der Waals surface area contributed by atoms with Gasteiger partial charge in [-0.25, -0.2) is 9.97 Å². The monoisotopic (exact) mass is 299 g/mol. The van der Waals surface area contributed by atoms with Crippen LogP contribution in [0.2, 0.25) is 0 Å². The highest BCUT2D eigenvalue weighted by atomic mass is 16.2. The summed E-state index contributed by atoms with van der Waals surface area (Å²) in [7, 11) is 1.74. The summed E-state index contributed by atoms with van der Waals surface area (Å²) in [5.74, 6) is 0.342. The summed E-state index contributed by atoms with van der Waals surface area (Å²) in [4.78, 5) is 27.2. The number of hydrogen-bond acceptors (Lipinski definition) is 5. The van der Waals surface area contributed by atoms with E-state index in [2.05, 4.69) is 20.3 Å². The molecule has 1 atom stereocenters. The third-order valence-corrected chi connectivity index (χ3v) is 3.53. The molecular weight excluding hydrogens is 278 g/mol. The van der Waals surface area contributed by atoms with Gasteiger partial charge in [-0.3, -0.25) is 9.78 Å². The van der Waals surface area contributed by atoms with Crippen LogP contribution in [-0.4, -0.2) is 39.4 Å². The average molecular weight is 299 g/mol. The molecule has 1 amide bonds. The number of aryl methyl sites for hydroxylation is 1. The molecule has 116 valence electrons. The van der Waals surface area contributed by atoms with Crippen molar-refractivity contribution >= 4 is 11.9 Å². The molecule has 6 nitrogen and oxygen atoms in total. The Kier molecular flexibility index (Phi) is 5.04. The molecule has 0 saturated heterocycles. The van der Waals surface area contributed by atoms with Gasteiger partial charge in [-0.2, -0.15) is 0 Å². The van der Waals surface area contributed by atoms with E-state index in [4.69, 9.17) is 0 Å². The Balaban J connectivity index is 2.31. The molecule has 0 aliphatic heterocycles. The Hall–Kier alpha value is -2.50. The molecule has 22 heavy (non-hydrogen) atoms. The summed E-state index contributed by atoms with van der Waals surface area (Å²) in [6, 6.07) is 5.48. The number of nitrogens with one attached hydrogen (secondary N) is 1. The summed E-state index contributed by atoms with van der Waals surface area (Å²) >= 11 is 0. The molecule has 0 spiro atoms. The van der Waals surface area contributed by atoms with Crippen LogP contribution in [0.25, 0.3) is 0 Å². The normalized spacial score (nSPS) is 11.8. The van der Waals surface area contributed by atoms with Crippen molar-refractivity contribution in [2.75, 3.05) is 18.9 Å². The summed E-state index contributed by atoms with van der Waals surface area (Å²) in [6.07, 6.45) is 3.51. The van der Waals surface area contributed by atoms with E-state index >= 15 is 0 Å². The van der Waals surface area contributed by atoms with Gasteiger partial charge in [0, 0.05) is 31.7 Å². The lowest BCUT2D eigenvalue weighted by molar-refractivity contribution is 0.0696. The van der Waals surface area contributed by atoms with Gasteiger partial charge in [0.25, 0.3) is 5.91 Å². The quantitative estimate of drug-likeness (QED) is 0.918. The number of hydrogen-bond donors (Lipinski definition) is 1. The summed E-state index contributed by atoms with van der Waals surface area (Å²) in [5, 5.41) is 2.88. The average Bonchev–Trinajstić information content (AvgIpc) is 2.55. The van der Waals surface area contributed by atoms with Gasteiger partial charge in [0.1, 0.15) is 5.69 Å². The van der Waals surface area contributed by atoms with Crippen LogP contribution in [0.15, 0.2) is 30.6 Å². The first kappa shape index (κ1) is 15.9. The lowest BCUT2D eigenvalue weighted by Gasteiger charge is -2.28. The molecule has 2 rings (SSSR count). The van der Waals surface area contributed by atoms with Crippen LogP contribution in [-0.2, 0) is 0 Å². The predicted molar refractivity (Wildman–Crippen MR) is 85.7 cm³/mol. The van der Waals surface area contributed by atoms with E-state index < -0.39 is 0 Å². The minimum absolute atomic E-state index is 0.0699. The van der Waals surface area contributed by atoms with Gasteiger partial charge < -0.3 is 10.2 Å². The van der Waals surface area contributed by atoms with E-state index in [0.717, 1.165) is 11.3 Å². The number of nitrogens with zero attached hydrogens (tertiary/aromatic N) is 4. The minimum atomic E-state index is -0.110. The highest BCUT2D eigenvalue weighted by Gasteiger charge is 2.23. The molecule has 0 aliphatic rings. The molecule has 2 aromatic heterocycles. The Morgan fingerprint density at radius 1 is 1.41 bits per heavy atom. The first-order valence-electron chi connectivity index (χ1n) is 7.31. The molecule has 2 heterocycles. The Labute approximate surface area is 130 Å². The van der Waals surface area contributed by atoms with Gasteiger partial charge >= 0.3 is 0 Å². The van der Waals surface area contributed by atoms with Gasteiger partial charge in [-0.15, -0.1) is 0 Å². The largest absolute Gasteiger partial charge is 0.357 e. The number of anilines is 1. The minimum Gasteiger partial charge on any atom is -0.357 e. The molecule has 6 heteroatoms. The second kappa shape index (κ2) is 6.98. The molecule has 1 N–H and O–H groups in total. The second-order valence-corrected chi connectivity index (χ2v) is 5.02. The Morgan fingerprint density at radius 2 is 2.18 bits per heavy atom. The molecule has 0 fully saturated rings. The van der Waals surface area contributed by atoms with E-state index in [0.29, 0.717) is 18.2 Å². The molecule has 0 aliphatic carbocycles. The van der Waals surface area contributed by atoms with Crippen LogP contribution >= 0.6 is 0 Å². The lowest BCUT2D eigenvalue weighted by atomic mass is 10.1. The fourth-order valence-electron chi connectivity index (χ4n) is 2.33. The van der Waals surface area contributed by atoms with Gasteiger partial charge in [-0.1, -0.05) is 6.07 Å². The first-order valence-corrected chi connectivity index (χ1v) is 7.31. The van der Waals surface area contributed by atoms with Crippen molar-refractivity contribution in [2.45, 2.75) is 26.8 Å². The topological polar surface area (TPSA) is 71.0 Å². The van der Waals surface area contributed by atoms with Crippen LogP contribution in [0.3, 0.4) is 0 Å². The van der Waals surface area contributed by atoms with Crippen molar-refractivity contribution in [1.82, 2.24) is 19.9 Å². The number of carbonyl (C=O) groups is 1. The van der Waals surface area contributed by atoms with Crippen molar-refractivity contribution in [3.8, 4) is 0 Å². The second-order valence-electron chi connectivity index (χ2n) is 5.02. The summed E-state index contributed by atoms with van der Waals surface area (Å²) in [5.41, 5.74) is 2.15. The van der Waals surface area contributed by atoms with Crippen LogP contribution in [0.4, 0.5) is 5.95 Å². The van der Waals surface area contributed by atoms with Crippen LogP contribution in [0.1, 0.15) is 41.6 Å². The molecule has 0 radical (unpaired) electrons. The molecule has 0 bridgehead atoms. The third kappa shape index (κ3) is 3.39. The van der Waals surface area contributed by atoms with Crippen molar-refractivity contribution in [2.24, 2.45) is 0 Å². The van der Waals surface area contributed by atoms with Gasteiger partial charge in [-0.05, 0) is 38.5 Å². The van der Waals surface area contributed by atoms with E-state index in [1.807, 2.05) is 32.9 Å². The molecular formula is C16H21N5O. The zero-order valence-corrected chi connectivity index (χ0v) is 13.4. The highest BCUT2D eigenvalue weighted by molar-refractivity contribution is 5.93. The molecule has 0 unspecified atom stereocenters. The van der Waals surface area contributed by atoms with Crippen molar-refractivity contribution < 1.29 is 4.79 Å². The van der Waals surface area contributed by atoms with E-state index in [9.17, 15) is 4.79 Å². The van der Waals surface area contributed by atoms with E-state index in [-0.39, 0.29) is 11.9 Å². The van der Waals surface area contributed by atoms with E-state index in [1.54, 1.807) is 30.4 Å².